The maximum Gasteiger partial charge on any atom is 0.271 e. The molecule has 0 aliphatic rings. The zero-order valence-corrected chi connectivity index (χ0v) is 17.3. The molecule has 7 nitrogen and oxygen atoms in total. The number of nitro groups is 1. The number of aromatic nitrogens is 2. The zero-order valence-electron chi connectivity index (χ0n) is 16.5. The molecule has 0 spiro atoms. The van der Waals surface area contributed by atoms with Gasteiger partial charge in [-0.2, -0.15) is 5.10 Å². The first-order valence-corrected chi connectivity index (χ1v) is 9.92. The third-order valence-corrected chi connectivity index (χ3v) is 5.07. The molecule has 0 bridgehead atoms. The molecule has 0 saturated carbocycles. The summed E-state index contributed by atoms with van der Waals surface area (Å²) in [5.41, 5.74) is 2.16. The van der Waals surface area contributed by atoms with Crippen LogP contribution in [0.3, 0.4) is 0 Å². The van der Waals surface area contributed by atoms with Crippen LogP contribution in [0, 0.1) is 15.9 Å². The molecular formula is C23H16ClFN4O3. The number of rotatable bonds is 6. The van der Waals surface area contributed by atoms with Crippen molar-refractivity contribution < 1.29 is 14.1 Å². The molecule has 0 atom stereocenters. The quantitative estimate of drug-likeness (QED) is 0.324. The predicted molar refractivity (Wildman–Crippen MR) is 118 cm³/mol. The normalized spacial score (nSPS) is 10.7. The summed E-state index contributed by atoms with van der Waals surface area (Å²) >= 11 is 6.30. The minimum atomic E-state index is -0.518. The van der Waals surface area contributed by atoms with Gasteiger partial charge in [0.05, 0.1) is 21.3 Å². The molecule has 0 fully saturated rings. The maximum absolute atomic E-state index is 13.1. The van der Waals surface area contributed by atoms with E-state index in [1.807, 2.05) is 0 Å². The Morgan fingerprint density at radius 1 is 1.06 bits per heavy atom. The fourth-order valence-corrected chi connectivity index (χ4v) is 3.39. The average Bonchev–Trinajstić information content (AvgIpc) is 3.24. The number of benzene rings is 3. The van der Waals surface area contributed by atoms with E-state index >= 15 is 0 Å². The number of carbonyl (C=O) groups excluding carboxylic acids is 1. The van der Waals surface area contributed by atoms with E-state index in [-0.39, 0.29) is 23.7 Å². The second-order valence-corrected chi connectivity index (χ2v) is 7.30. The van der Waals surface area contributed by atoms with Gasteiger partial charge in [-0.05, 0) is 35.9 Å². The van der Waals surface area contributed by atoms with Gasteiger partial charge in [-0.1, -0.05) is 48.0 Å². The molecular weight excluding hydrogens is 435 g/mol. The Hall–Kier alpha value is -4.04. The molecule has 160 valence electrons. The van der Waals surface area contributed by atoms with Crippen LogP contribution in [0.1, 0.15) is 16.1 Å². The van der Waals surface area contributed by atoms with Gasteiger partial charge in [-0.25, -0.2) is 9.07 Å². The van der Waals surface area contributed by atoms with Gasteiger partial charge < -0.3 is 5.32 Å². The molecule has 4 aromatic rings. The highest BCUT2D eigenvalue weighted by Gasteiger charge is 2.20. The van der Waals surface area contributed by atoms with Crippen LogP contribution in [0.4, 0.5) is 10.1 Å². The second kappa shape index (κ2) is 8.99. The second-order valence-electron chi connectivity index (χ2n) is 6.89. The van der Waals surface area contributed by atoms with Crippen molar-refractivity contribution in [3.05, 3.63) is 111 Å². The van der Waals surface area contributed by atoms with Crippen LogP contribution in [0.25, 0.3) is 16.9 Å². The summed E-state index contributed by atoms with van der Waals surface area (Å²) in [7, 11) is 0. The van der Waals surface area contributed by atoms with Crippen molar-refractivity contribution in [2.45, 2.75) is 6.54 Å². The van der Waals surface area contributed by atoms with Crippen molar-refractivity contribution in [3.63, 3.8) is 0 Å². The SMILES string of the molecule is O=C(NCc1ccc(F)cc1)c1cc(-c2ccccc2Cl)nn1-c1cccc([N+](=O)[O-])c1. The van der Waals surface area contributed by atoms with Gasteiger partial charge in [0.1, 0.15) is 11.5 Å². The van der Waals surface area contributed by atoms with Gasteiger partial charge in [0.2, 0.25) is 0 Å². The first kappa shape index (κ1) is 21.2. The average molecular weight is 451 g/mol. The number of carbonyl (C=O) groups is 1. The van der Waals surface area contributed by atoms with Gasteiger partial charge in [0.25, 0.3) is 11.6 Å². The maximum atomic E-state index is 13.1. The number of hydrogen-bond donors (Lipinski definition) is 1. The summed E-state index contributed by atoms with van der Waals surface area (Å²) < 4.78 is 14.5. The molecule has 0 saturated heterocycles. The van der Waals surface area contributed by atoms with E-state index in [4.69, 9.17) is 11.6 Å². The Balaban J connectivity index is 1.73. The van der Waals surface area contributed by atoms with Gasteiger partial charge in [0.15, 0.2) is 0 Å². The first-order valence-electron chi connectivity index (χ1n) is 9.55. The Labute approximate surface area is 187 Å². The van der Waals surface area contributed by atoms with E-state index in [9.17, 15) is 19.3 Å². The van der Waals surface area contributed by atoms with Crippen LogP contribution in [0.2, 0.25) is 5.02 Å². The van der Waals surface area contributed by atoms with Gasteiger partial charge in [-0.3, -0.25) is 14.9 Å². The highest BCUT2D eigenvalue weighted by atomic mass is 35.5. The van der Waals surface area contributed by atoms with E-state index in [0.29, 0.717) is 27.5 Å². The number of amides is 1. The van der Waals surface area contributed by atoms with Crippen LogP contribution < -0.4 is 5.32 Å². The number of nitrogens with zero attached hydrogens (tertiary/aromatic N) is 3. The number of non-ortho nitro benzene ring substituents is 1. The first-order chi connectivity index (χ1) is 15.4. The Bertz CT molecular complexity index is 1300. The van der Waals surface area contributed by atoms with Crippen molar-refractivity contribution in [3.8, 4) is 16.9 Å². The third-order valence-electron chi connectivity index (χ3n) is 4.74. The minimum absolute atomic E-state index is 0.130. The topological polar surface area (TPSA) is 90.1 Å². The highest BCUT2D eigenvalue weighted by Crippen LogP contribution is 2.29. The summed E-state index contributed by atoms with van der Waals surface area (Å²) in [6.45, 7) is 0.167. The number of nitrogens with one attached hydrogen (secondary N) is 1. The molecule has 0 aliphatic heterocycles. The van der Waals surface area contributed by atoms with E-state index in [1.165, 1.54) is 35.0 Å². The largest absolute Gasteiger partial charge is 0.347 e. The van der Waals surface area contributed by atoms with Crippen molar-refractivity contribution in [1.29, 1.82) is 0 Å². The molecule has 3 aromatic carbocycles. The smallest absolute Gasteiger partial charge is 0.271 e. The molecule has 0 aliphatic carbocycles. The summed E-state index contributed by atoms with van der Waals surface area (Å²) in [5, 5.41) is 18.9. The molecule has 4 rings (SSSR count). The summed E-state index contributed by atoms with van der Waals surface area (Å²) in [4.78, 5) is 23.7. The molecule has 0 radical (unpaired) electrons. The van der Waals surface area contributed by atoms with Crippen LogP contribution in [-0.4, -0.2) is 20.6 Å². The summed E-state index contributed by atoms with van der Waals surface area (Å²) in [5.74, 6) is -0.820. The number of nitro benzene ring substituents is 1. The van der Waals surface area contributed by atoms with Crippen LogP contribution in [0.15, 0.2) is 78.9 Å². The predicted octanol–water partition coefficient (Wildman–Crippen LogP) is 5.17. The Morgan fingerprint density at radius 3 is 2.53 bits per heavy atom. The van der Waals surface area contributed by atoms with Gasteiger partial charge >= 0.3 is 0 Å². The van der Waals surface area contributed by atoms with Gasteiger partial charge in [-0.15, -0.1) is 0 Å². The molecule has 1 amide bonds. The van der Waals surface area contributed by atoms with Crippen LogP contribution in [0.5, 0.6) is 0 Å². The van der Waals surface area contributed by atoms with E-state index in [0.717, 1.165) is 0 Å². The molecule has 1 N–H and O–H groups in total. The monoisotopic (exact) mass is 450 g/mol. The summed E-state index contributed by atoms with van der Waals surface area (Å²) in [6.07, 6.45) is 0. The lowest BCUT2D eigenvalue weighted by Gasteiger charge is -2.08. The minimum Gasteiger partial charge on any atom is -0.347 e. The number of hydrogen-bond acceptors (Lipinski definition) is 4. The fraction of sp³-hybridized carbons (Fsp3) is 0.0435. The zero-order chi connectivity index (χ0) is 22.7. The van der Waals surface area contributed by atoms with Crippen LogP contribution in [-0.2, 0) is 6.54 Å². The van der Waals surface area contributed by atoms with Crippen molar-refractivity contribution in [1.82, 2.24) is 15.1 Å². The lowest BCUT2D eigenvalue weighted by Crippen LogP contribution is -2.25. The van der Waals surface area contributed by atoms with Crippen molar-refractivity contribution >= 4 is 23.2 Å². The van der Waals surface area contributed by atoms with E-state index in [1.54, 1.807) is 48.5 Å². The summed E-state index contributed by atoms with van der Waals surface area (Å²) in [6, 6.07) is 20.2. The molecule has 9 heteroatoms. The molecule has 1 aromatic heterocycles. The third kappa shape index (κ3) is 4.50. The van der Waals surface area contributed by atoms with E-state index in [2.05, 4.69) is 10.4 Å². The number of halogens is 2. The lowest BCUT2D eigenvalue weighted by molar-refractivity contribution is -0.384. The molecule has 32 heavy (non-hydrogen) atoms. The van der Waals surface area contributed by atoms with Gasteiger partial charge in [0, 0.05) is 24.2 Å². The fourth-order valence-electron chi connectivity index (χ4n) is 3.15. The van der Waals surface area contributed by atoms with Crippen LogP contribution >= 0.6 is 11.6 Å². The Kier molecular flexibility index (Phi) is 5.96. The Morgan fingerprint density at radius 2 is 1.81 bits per heavy atom. The van der Waals surface area contributed by atoms with Crippen molar-refractivity contribution in [2.75, 3.05) is 0 Å². The van der Waals surface area contributed by atoms with Crippen molar-refractivity contribution in [2.24, 2.45) is 0 Å². The lowest BCUT2D eigenvalue weighted by atomic mass is 10.1. The highest BCUT2D eigenvalue weighted by molar-refractivity contribution is 6.33. The van der Waals surface area contributed by atoms with E-state index < -0.39 is 10.8 Å². The molecule has 0 unspecified atom stereocenters. The molecule has 1 heterocycles. The standard InChI is InChI=1S/C23H16ClFN4O3/c24-20-7-2-1-6-19(20)21-13-22(23(30)26-14-15-8-10-16(25)11-9-15)28(27-21)17-4-3-5-18(12-17)29(31)32/h1-13H,14H2,(H,26,30).